The van der Waals surface area contributed by atoms with Crippen LogP contribution in [0.5, 0.6) is 11.5 Å². The second-order valence-electron chi connectivity index (χ2n) is 7.12. The summed E-state index contributed by atoms with van der Waals surface area (Å²) in [6.45, 7) is 1.75. The van der Waals surface area contributed by atoms with Gasteiger partial charge in [0.1, 0.15) is 11.5 Å². The van der Waals surface area contributed by atoms with Gasteiger partial charge >= 0.3 is 5.97 Å². The number of benzene rings is 2. The first-order valence-electron chi connectivity index (χ1n) is 9.85. The molecule has 1 aromatic heterocycles. The zero-order valence-electron chi connectivity index (χ0n) is 18.1. The van der Waals surface area contributed by atoms with Gasteiger partial charge in [-0.05, 0) is 48.4 Å². The van der Waals surface area contributed by atoms with Crippen LogP contribution < -0.4 is 24.4 Å². The first-order chi connectivity index (χ1) is 15.5. The number of thiazole rings is 1. The molecule has 1 aliphatic heterocycles. The first-order valence-corrected chi connectivity index (χ1v) is 10.7. The van der Waals surface area contributed by atoms with Crippen LogP contribution in [0.3, 0.4) is 0 Å². The molecular weight excluding hydrogens is 428 g/mol. The van der Waals surface area contributed by atoms with Crippen molar-refractivity contribution in [2.45, 2.75) is 13.0 Å². The molecule has 0 saturated heterocycles. The minimum Gasteiger partial charge on any atom is -0.497 e. The van der Waals surface area contributed by atoms with Crippen LogP contribution in [-0.2, 0) is 9.53 Å². The van der Waals surface area contributed by atoms with Gasteiger partial charge in [0, 0.05) is 0 Å². The maximum atomic E-state index is 13.5. The van der Waals surface area contributed by atoms with E-state index in [1.807, 2.05) is 42.5 Å². The highest BCUT2D eigenvalue weighted by molar-refractivity contribution is 7.07. The Labute approximate surface area is 188 Å². The SMILES string of the molecule is COC(=O)C1=C(C)N=c2s/c(=C\c3ccc(OC)cc3)c(=O)n2[C@H]1c1ccc(OC)cc1. The lowest BCUT2D eigenvalue weighted by molar-refractivity contribution is -0.136. The minimum absolute atomic E-state index is 0.223. The van der Waals surface area contributed by atoms with Gasteiger partial charge in [-0.1, -0.05) is 35.6 Å². The molecule has 0 bridgehead atoms. The van der Waals surface area contributed by atoms with Crippen molar-refractivity contribution in [2.24, 2.45) is 4.99 Å². The molecule has 0 saturated carbocycles. The monoisotopic (exact) mass is 450 g/mol. The summed E-state index contributed by atoms with van der Waals surface area (Å²) in [7, 11) is 4.51. The smallest absolute Gasteiger partial charge is 0.338 e. The van der Waals surface area contributed by atoms with Gasteiger partial charge in [-0.2, -0.15) is 0 Å². The molecule has 0 spiro atoms. The number of esters is 1. The Bertz CT molecular complexity index is 1370. The largest absolute Gasteiger partial charge is 0.497 e. The van der Waals surface area contributed by atoms with Crippen molar-refractivity contribution >= 4 is 23.4 Å². The van der Waals surface area contributed by atoms with Crippen molar-refractivity contribution in [3.63, 3.8) is 0 Å². The summed E-state index contributed by atoms with van der Waals surface area (Å²) in [6.07, 6.45) is 1.81. The zero-order chi connectivity index (χ0) is 22.8. The zero-order valence-corrected chi connectivity index (χ0v) is 18.9. The molecule has 1 aliphatic rings. The van der Waals surface area contributed by atoms with E-state index in [9.17, 15) is 9.59 Å². The van der Waals surface area contributed by atoms with Gasteiger partial charge < -0.3 is 14.2 Å². The van der Waals surface area contributed by atoms with E-state index in [1.54, 1.807) is 37.8 Å². The lowest BCUT2D eigenvalue weighted by Crippen LogP contribution is -2.39. The second-order valence-corrected chi connectivity index (χ2v) is 8.13. The van der Waals surface area contributed by atoms with Gasteiger partial charge in [-0.25, -0.2) is 9.79 Å². The Morgan fingerprint density at radius 3 is 2.16 bits per heavy atom. The molecule has 3 aromatic rings. The Morgan fingerprint density at radius 1 is 1.00 bits per heavy atom. The van der Waals surface area contributed by atoms with Crippen molar-refractivity contribution in [1.82, 2.24) is 4.57 Å². The maximum absolute atomic E-state index is 13.5. The van der Waals surface area contributed by atoms with Crippen LogP contribution in [0.15, 0.2) is 69.6 Å². The maximum Gasteiger partial charge on any atom is 0.338 e. The average molecular weight is 451 g/mol. The van der Waals surface area contributed by atoms with Crippen LogP contribution in [-0.4, -0.2) is 31.9 Å². The molecule has 8 heteroatoms. The number of ether oxygens (including phenoxy) is 3. The Hall–Kier alpha value is -3.65. The molecule has 2 heterocycles. The number of hydrogen-bond donors (Lipinski definition) is 0. The molecule has 0 aliphatic carbocycles. The summed E-state index contributed by atoms with van der Waals surface area (Å²) in [4.78, 5) is 31.2. The van der Waals surface area contributed by atoms with Gasteiger partial charge in [0.25, 0.3) is 5.56 Å². The average Bonchev–Trinajstić information content (AvgIpc) is 3.12. The molecule has 0 N–H and O–H groups in total. The van der Waals surface area contributed by atoms with Gasteiger partial charge in [0.2, 0.25) is 0 Å². The third kappa shape index (κ3) is 3.85. The number of nitrogens with zero attached hydrogens (tertiary/aromatic N) is 2. The third-order valence-electron chi connectivity index (χ3n) is 5.27. The number of carbonyl (C=O) groups excluding carboxylic acids is 1. The summed E-state index contributed by atoms with van der Waals surface area (Å²) in [5, 5.41) is 0. The fourth-order valence-electron chi connectivity index (χ4n) is 3.65. The van der Waals surface area contributed by atoms with E-state index in [1.165, 1.54) is 18.4 Å². The number of methoxy groups -OCH3 is 3. The number of allylic oxidation sites excluding steroid dienone is 1. The Morgan fingerprint density at radius 2 is 1.59 bits per heavy atom. The second kappa shape index (κ2) is 8.84. The van der Waals surface area contributed by atoms with Crippen LogP contribution in [0.25, 0.3) is 6.08 Å². The standard InChI is InChI=1S/C24H22N2O5S/c1-14-20(23(28)31-4)21(16-7-11-18(30-3)12-8-16)26-22(27)19(32-24(26)25-14)13-15-5-9-17(29-2)10-6-15/h5-13,21H,1-4H3/b19-13-/t21-/m0/s1. The van der Waals surface area contributed by atoms with Crippen LogP contribution in [0.4, 0.5) is 0 Å². The fourth-order valence-corrected chi connectivity index (χ4v) is 4.69. The van der Waals surface area contributed by atoms with Gasteiger partial charge in [0.15, 0.2) is 4.80 Å². The lowest BCUT2D eigenvalue weighted by atomic mass is 9.96. The van der Waals surface area contributed by atoms with E-state index >= 15 is 0 Å². The summed E-state index contributed by atoms with van der Waals surface area (Å²) in [6, 6.07) is 14.1. The third-order valence-corrected chi connectivity index (χ3v) is 6.26. The summed E-state index contributed by atoms with van der Waals surface area (Å²) < 4.78 is 17.5. The molecule has 0 amide bonds. The molecular formula is C24H22N2O5S. The van der Waals surface area contributed by atoms with Crippen LogP contribution in [0.2, 0.25) is 0 Å². The molecule has 0 radical (unpaired) electrons. The Kier molecular flexibility index (Phi) is 5.96. The van der Waals surface area contributed by atoms with E-state index < -0.39 is 12.0 Å². The quantitative estimate of drug-likeness (QED) is 0.558. The van der Waals surface area contributed by atoms with Gasteiger partial charge in [-0.15, -0.1) is 0 Å². The van der Waals surface area contributed by atoms with E-state index in [0.717, 1.165) is 16.9 Å². The van der Waals surface area contributed by atoms with E-state index in [0.29, 0.717) is 26.4 Å². The van der Waals surface area contributed by atoms with Gasteiger partial charge in [0.05, 0.1) is 43.2 Å². The Balaban J connectivity index is 1.92. The number of rotatable bonds is 5. The van der Waals surface area contributed by atoms with E-state index in [4.69, 9.17) is 14.2 Å². The molecule has 32 heavy (non-hydrogen) atoms. The first kappa shape index (κ1) is 21.6. The number of aromatic nitrogens is 1. The van der Waals surface area contributed by atoms with E-state index in [-0.39, 0.29) is 5.56 Å². The van der Waals surface area contributed by atoms with Crippen molar-refractivity contribution in [2.75, 3.05) is 21.3 Å². The topological polar surface area (TPSA) is 79.1 Å². The summed E-state index contributed by atoms with van der Waals surface area (Å²) in [5.41, 5.74) is 2.26. The molecule has 1 atom stereocenters. The summed E-state index contributed by atoms with van der Waals surface area (Å²) >= 11 is 1.28. The predicted molar refractivity (Wildman–Crippen MR) is 122 cm³/mol. The van der Waals surface area contributed by atoms with Gasteiger partial charge in [-0.3, -0.25) is 9.36 Å². The highest BCUT2D eigenvalue weighted by atomic mass is 32.1. The van der Waals surface area contributed by atoms with Crippen LogP contribution in [0.1, 0.15) is 24.1 Å². The van der Waals surface area contributed by atoms with E-state index in [2.05, 4.69) is 4.99 Å². The molecule has 7 nitrogen and oxygen atoms in total. The molecule has 0 unspecified atom stereocenters. The molecule has 4 rings (SSSR count). The number of fused-ring (bicyclic) bond motifs is 1. The molecule has 2 aromatic carbocycles. The number of carbonyl (C=O) groups is 1. The van der Waals surface area contributed by atoms with Crippen molar-refractivity contribution in [3.8, 4) is 11.5 Å². The molecule has 0 fully saturated rings. The normalized spacial score (nSPS) is 15.8. The van der Waals surface area contributed by atoms with Crippen molar-refractivity contribution < 1.29 is 19.0 Å². The van der Waals surface area contributed by atoms with Crippen molar-refractivity contribution in [1.29, 1.82) is 0 Å². The van der Waals surface area contributed by atoms with Crippen LogP contribution in [0, 0.1) is 0 Å². The lowest BCUT2D eigenvalue weighted by Gasteiger charge is -2.24. The minimum atomic E-state index is -0.650. The van der Waals surface area contributed by atoms with Crippen LogP contribution >= 0.6 is 11.3 Å². The fraction of sp³-hybridized carbons (Fsp3) is 0.208. The highest BCUT2D eigenvalue weighted by Crippen LogP contribution is 2.31. The predicted octanol–water partition coefficient (Wildman–Crippen LogP) is 2.43. The van der Waals surface area contributed by atoms with Crippen molar-refractivity contribution in [3.05, 3.63) is 90.6 Å². The number of hydrogen-bond acceptors (Lipinski definition) is 7. The highest BCUT2D eigenvalue weighted by Gasteiger charge is 2.33. The summed E-state index contributed by atoms with van der Waals surface area (Å²) in [5.74, 6) is 0.902. The molecule has 164 valence electrons.